The van der Waals surface area contributed by atoms with Crippen molar-refractivity contribution in [1.82, 2.24) is 0 Å². The van der Waals surface area contributed by atoms with E-state index in [9.17, 15) is 0 Å². The molecule has 0 aliphatic carbocycles. The number of allylic oxidation sites excluding steroid dienone is 1. The molecule has 4 rings (SSSR count). The summed E-state index contributed by atoms with van der Waals surface area (Å²) in [5, 5.41) is 0.814. The average molecular weight is 507 g/mol. The van der Waals surface area contributed by atoms with Gasteiger partial charge in [-0.3, -0.25) is 0 Å². The van der Waals surface area contributed by atoms with Gasteiger partial charge < -0.3 is 14.2 Å². The SMILES string of the molecule is CC/C(=C(\c1ccc(OCCBr)cc1)c1ccc(OC2CCCCO2)cc1)c1ccccc1. The van der Waals surface area contributed by atoms with Gasteiger partial charge in [0, 0.05) is 11.8 Å². The van der Waals surface area contributed by atoms with E-state index >= 15 is 0 Å². The standard InChI is InChI=1S/C29H31BrO3/c1-2-27(22-8-4-3-5-9-22)29(23-11-15-25(16-12-23)31-21-19-30)24-13-17-26(18-14-24)33-28-10-6-7-20-32-28/h3-5,8-9,11-18,28H,2,6-7,10,19-21H2,1H3/b29-27-. The molecule has 0 aromatic heterocycles. The Kier molecular flexibility index (Phi) is 8.62. The van der Waals surface area contributed by atoms with Crippen molar-refractivity contribution < 1.29 is 14.2 Å². The molecule has 0 saturated carbocycles. The highest BCUT2D eigenvalue weighted by Gasteiger charge is 2.17. The monoisotopic (exact) mass is 506 g/mol. The van der Waals surface area contributed by atoms with Crippen LogP contribution in [0, 0.1) is 0 Å². The summed E-state index contributed by atoms with van der Waals surface area (Å²) in [7, 11) is 0. The first-order chi connectivity index (χ1) is 16.3. The molecule has 1 aliphatic heterocycles. The molecule has 1 atom stereocenters. The zero-order valence-corrected chi connectivity index (χ0v) is 20.7. The molecule has 3 aromatic carbocycles. The fourth-order valence-corrected chi connectivity index (χ4v) is 4.37. The van der Waals surface area contributed by atoms with E-state index < -0.39 is 0 Å². The molecule has 3 nitrogen and oxygen atoms in total. The normalized spacial score (nSPS) is 16.7. The third-order valence-electron chi connectivity index (χ3n) is 5.81. The summed E-state index contributed by atoms with van der Waals surface area (Å²) in [6, 6.07) is 27.4. The van der Waals surface area contributed by atoms with Crippen molar-refractivity contribution >= 4 is 27.1 Å². The lowest BCUT2D eigenvalue weighted by Gasteiger charge is -2.23. The van der Waals surface area contributed by atoms with Crippen LogP contribution in [0.15, 0.2) is 78.9 Å². The van der Waals surface area contributed by atoms with Gasteiger partial charge in [-0.05, 0) is 71.4 Å². The Bertz CT molecular complexity index is 1020. The number of hydrogen-bond donors (Lipinski definition) is 0. The maximum absolute atomic E-state index is 6.06. The number of alkyl halides is 1. The fraction of sp³-hybridized carbons (Fsp3) is 0.310. The van der Waals surface area contributed by atoms with Gasteiger partial charge in [-0.2, -0.15) is 0 Å². The molecule has 4 heteroatoms. The van der Waals surface area contributed by atoms with Crippen molar-refractivity contribution in [2.75, 3.05) is 18.5 Å². The Morgan fingerprint density at radius 2 is 1.52 bits per heavy atom. The van der Waals surface area contributed by atoms with Crippen LogP contribution in [0.4, 0.5) is 0 Å². The number of halogens is 1. The molecule has 0 bridgehead atoms. The van der Waals surface area contributed by atoms with E-state index in [1.165, 1.54) is 27.8 Å². The molecule has 33 heavy (non-hydrogen) atoms. The summed E-state index contributed by atoms with van der Waals surface area (Å²) < 4.78 is 17.6. The minimum Gasteiger partial charge on any atom is -0.493 e. The molecule has 172 valence electrons. The maximum atomic E-state index is 6.06. The van der Waals surface area contributed by atoms with Gasteiger partial charge in [-0.25, -0.2) is 0 Å². The molecule has 1 fully saturated rings. The van der Waals surface area contributed by atoms with Crippen molar-refractivity contribution in [3.63, 3.8) is 0 Å². The molecule has 0 amide bonds. The molecule has 1 aliphatic rings. The van der Waals surface area contributed by atoms with Crippen LogP contribution in [0.3, 0.4) is 0 Å². The summed E-state index contributed by atoms with van der Waals surface area (Å²) in [6.07, 6.45) is 4.01. The molecule has 1 heterocycles. The van der Waals surface area contributed by atoms with Crippen LogP contribution in [0.1, 0.15) is 49.3 Å². The van der Waals surface area contributed by atoms with Crippen molar-refractivity contribution in [2.24, 2.45) is 0 Å². The van der Waals surface area contributed by atoms with Crippen molar-refractivity contribution in [3.05, 3.63) is 95.6 Å². The molecular weight excluding hydrogens is 476 g/mol. The van der Waals surface area contributed by atoms with Gasteiger partial charge in [0.25, 0.3) is 0 Å². The minimum absolute atomic E-state index is 0.137. The minimum atomic E-state index is -0.137. The third-order valence-corrected chi connectivity index (χ3v) is 6.14. The van der Waals surface area contributed by atoms with Crippen LogP contribution in [0.25, 0.3) is 11.1 Å². The zero-order chi connectivity index (χ0) is 22.9. The Balaban J connectivity index is 1.69. The van der Waals surface area contributed by atoms with Gasteiger partial charge in [-0.1, -0.05) is 77.5 Å². The second kappa shape index (κ2) is 12.1. The van der Waals surface area contributed by atoms with Gasteiger partial charge in [-0.15, -0.1) is 0 Å². The predicted octanol–water partition coefficient (Wildman–Crippen LogP) is 7.73. The molecule has 1 unspecified atom stereocenters. The Labute approximate surface area is 205 Å². The fourth-order valence-electron chi connectivity index (χ4n) is 4.21. The molecule has 3 aromatic rings. The number of benzene rings is 3. The molecule has 1 saturated heterocycles. The Morgan fingerprint density at radius 3 is 2.09 bits per heavy atom. The first-order valence-corrected chi connectivity index (χ1v) is 12.9. The van der Waals surface area contributed by atoms with Gasteiger partial charge in [0.1, 0.15) is 11.5 Å². The predicted molar refractivity (Wildman–Crippen MR) is 139 cm³/mol. The topological polar surface area (TPSA) is 27.7 Å². The molecule has 0 N–H and O–H groups in total. The summed E-state index contributed by atoms with van der Waals surface area (Å²) in [5.74, 6) is 1.73. The number of ether oxygens (including phenoxy) is 3. The van der Waals surface area contributed by atoms with Gasteiger partial charge >= 0.3 is 0 Å². The first kappa shape index (κ1) is 23.6. The van der Waals surface area contributed by atoms with E-state index in [1.54, 1.807) is 0 Å². The molecule has 0 spiro atoms. The van der Waals surface area contributed by atoms with Crippen LogP contribution in [-0.4, -0.2) is 24.8 Å². The highest BCUT2D eigenvalue weighted by molar-refractivity contribution is 9.09. The smallest absolute Gasteiger partial charge is 0.199 e. The lowest BCUT2D eigenvalue weighted by molar-refractivity contribution is -0.105. The van der Waals surface area contributed by atoms with Crippen LogP contribution in [-0.2, 0) is 4.74 Å². The average Bonchev–Trinajstić information content (AvgIpc) is 2.88. The van der Waals surface area contributed by atoms with Gasteiger partial charge in [0.05, 0.1) is 13.2 Å². The van der Waals surface area contributed by atoms with E-state index in [4.69, 9.17) is 14.2 Å². The van der Waals surface area contributed by atoms with E-state index in [0.717, 1.165) is 49.1 Å². The maximum Gasteiger partial charge on any atom is 0.199 e. The second-order valence-electron chi connectivity index (χ2n) is 8.07. The first-order valence-electron chi connectivity index (χ1n) is 11.7. The van der Waals surface area contributed by atoms with Crippen molar-refractivity contribution in [3.8, 4) is 11.5 Å². The van der Waals surface area contributed by atoms with E-state index in [1.807, 2.05) is 12.1 Å². The quantitative estimate of drug-likeness (QED) is 0.219. The number of hydrogen-bond acceptors (Lipinski definition) is 3. The van der Waals surface area contributed by atoms with Crippen molar-refractivity contribution in [2.45, 2.75) is 38.9 Å². The van der Waals surface area contributed by atoms with Crippen LogP contribution >= 0.6 is 15.9 Å². The summed E-state index contributed by atoms with van der Waals surface area (Å²) in [4.78, 5) is 0. The third kappa shape index (κ3) is 6.27. The van der Waals surface area contributed by atoms with Gasteiger partial charge in [0.2, 0.25) is 0 Å². The van der Waals surface area contributed by atoms with E-state index in [0.29, 0.717) is 6.61 Å². The van der Waals surface area contributed by atoms with Crippen molar-refractivity contribution in [1.29, 1.82) is 0 Å². The zero-order valence-electron chi connectivity index (χ0n) is 19.1. The Hall–Kier alpha value is -2.56. The Morgan fingerprint density at radius 1 is 0.848 bits per heavy atom. The largest absolute Gasteiger partial charge is 0.493 e. The van der Waals surface area contributed by atoms with Gasteiger partial charge in [0.15, 0.2) is 6.29 Å². The molecule has 0 radical (unpaired) electrons. The molecular formula is C29H31BrO3. The van der Waals surface area contributed by atoms with Crippen LogP contribution in [0.5, 0.6) is 11.5 Å². The lowest BCUT2D eigenvalue weighted by Crippen LogP contribution is -2.24. The highest BCUT2D eigenvalue weighted by atomic mass is 79.9. The van der Waals surface area contributed by atoms with Crippen LogP contribution in [0.2, 0.25) is 0 Å². The lowest BCUT2D eigenvalue weighted by atomic mass is 9.88. The summed E-state index contributed by atoms with van der Waals surface area (Å²) in [5.41, 5.74) is 6.13. The summed E-state index contributed by atoms with van der Waals surface area (Å²) >= 11 is 3.42. The van der Waals surface area contributed by atoms with E-state index in [2.05, 4.69) is 89.6 Å². The second-order valence-corrected chi connectivity index (χ2v) is 8.87. The van der Waals surface area contributed by atoms with E-state index in [-0.39, 0.29) is 6.29 Å². The van der Waals surface area contributed by atoms with Crippen LogP contribution < -0.4 is 9.47 Å². The highest BCUT2D eigenvalue weighted by Crippen LogP contribution is 2.36. The number of rotatable bonds is 9. The summed E-state index contributed by atoms with van der Waals surface area (Å²) in [6.45, 7) is 3.65.